The van der Waals surface area contributed by atoms with E-state index < -0.39 is 67.4 Å². The van der Waals surface area contributed by atoms with Crippen LogP contribution in [0.5, 0.6) is 0 Å². The number of aliphatic hydroxyl groups excluding tert-OH is 1. The molecule has 3 N–H and O–H groups in total. The first kappa shape index (κ1) is 26.9. The van der Waals surface area contributed by atoms with Gasteiger partial charge < -0.3 is 15.5 Å². The Morgan fingerprint density at radius 2 is 1.66 bits per heavy atom. The standard InChI is InChI=1S/C24H22ClF6NO3/c1-13-11-18(26)17(14-4-6-15(25)7-5-14)12-16(13)20-19(33)3-2-8-22(35,9-10-32-21(20)34)23(27,28)24(29,30)31/h4-7,11-12,33,35H,2-3,8-10H2,1H3,(H,32,34)/b20-19+/t22-/m1/s1. The number of allylic oxidation sites excluding steroid dienone is 1. The Balaban J connectivity index is 2.02. The van der Waals surface area contributed by atoms with Crippen LogP contribution < -0.4 is 5.32 Å². The van der Waals surface area contributed by atoms with Crippen molar-refractivity contribution in [2.45, 2.75) is 50.3 Å². The van der Waals surface area contributed by atoms with Crippen LogP contribution in [-0.2, 0) is 4.79 Å². The summed E-state index contributed by atoms with van der Waals surface area (Å²) in [5.41, 5.74) is -2.74. The highest BCUT2D eigenvalue weighted by molar-refractivity contribution is 6.30. The number of nitrogens with one attached hydrogen (secondary N) is 1. The maximum absolute atomic E-state index is 14.7. The first-order valence-corrected chi connectivity index (χ1v) is 11.0. The molecule has 0 fully saturated rings. The van der Waals surface area contributed by atoms with Crippen LogP contribution in [0.15, 0.2) is 42.2 Å². The molecule has 1 aliphatic rings. The summed E-state index contributed by atoms with van der Waals surface area (Å²) in [5, 5.41) is 23.5. The van der Waals surface area contributed by atoms with E-state index in [9.17, 15) is 41.4 Å². The van der Waals surface area contributed by atoms with Crippen LogP contribution in [0.3, 0.4) is 0 Å². The molecule has 0 spiro atoms. The van der Waals surface area contributed by atoms with Crippen LogP contribution in [-0.4, -0.2) is 40.4 Å². The second-order valence-electron chi connectivity index (χ2n) is 8.44. The van der Waals surface area contributed by atoms with Gasteiger partial charge in [-0.05, 0) is 67.1 Å². The molecule has 11 heteroatoms. The number of rotatable bonds is 3. The molecule has 1 atom stereocenters. The molecule has 0 aliphatic carbocycles. The minimum absolute atomic E-state index is 0.103. The third-order valence-corrected chi connectivity index (χ3v) is 6.27. The average Bonchev–Trinajstić information content (AvgIpc) is 2.75. The first-order valence-electron chi connectivity index (χ1n) is 10.6. The number of hydrogen-bond donors (Lipinski definition) is 3. The summed E-state index contributed by atoms with van der Waals surface area (Å²) >= 11 is 5.88. The van der Waals surface area contributed by atoms with Gasteiger partial charge in [0.15, 0.2) is 0 Å². The smallest absolute Gasteiger partial charge is 0.456 e. The number of amides is 1. The van der Waals surface area contributed by atoms with Gasteiger partial charge in [-0.3, -0.25) is 4.79 Å². The lowest BCUT2D eigenvalue weighted by Crippen LogP contribution is -2.58. The summed E-state index contributed by atoms with van der Waals surface area (Å²) < 4.78 is 81.4. The van der Waals surface area contributed by atoms with Gasteiger partial charge in [0.05, 0.1) is 5.57 Å². The van der Waals surface area contributed by atoms with Crippen LogP contribution in [0.4, 0.5) is 26.3 Å². The van der Waals surface area contributed by atoms with Gasteiger partial charge in [0, 0.05) is 23.6 Å². The van der Waals surface area contributed by atoms with E-state index in [0.717, 1.165) is 6.07 Å². The fourth-order valence-corrected chi connectivity index (χ4v) is 4.17. The Morgan fingerprint density at radius 3 is 2.26 bits per heavy atom. The molecule has 0 saturated carbocycles. The molecule has 1 aliphatic heterocycles. The lowest BCUT2D eigenvalue weighted by Gasteiger charge is -2.37. The van der Waals surface area contributed by atoms with Gasteiger partial charge in [0.1, 0.15) is 17.2 Å². The molecule has 190 valence electrons. The van der Waals surface area contributed by atoms with Crippen molar-refractivity contribution in [2.75, 3.05) is 6.54 Å². The fraction of sp³-hybridized carbons (Fsp3) is 0.375. The van der Waals surface area contributed by atoms with Gasteiger partial charge in [0.25, 0.3) is 5.91 Å². The van der Waals surface area contributed by atoms with E-state index >= 15 is 0 Å². The Bertz CT molecular complexity index is 1150. The number of halogens is 7. The largest absolute Gasteiger partial charge is 0.511 e. The normalized spacial score (nSPS) is 22.6. The van der Waals surface area contributed by atoms with Gasteiger partial charge in [-0.25, -0.2) is 4.39 Å². The molecule has 2 aromatic carbocycles. The lowest BCUT2D eigenvalue weighted by atomic mass is 9.84. The summed E-state index contributed by atoms with van der Waals surface area (Å²) in [7, 11) is 0. The number of aliphatic hydroxyl groups is 2. The Morgan fingerprint density at radius 1 is 1.03 bits per heavy atom. The third-order valence-electron chi connectivity index (χ3n) is 6.02. The number of carbonyl (C=O) groups excluding carboxylic acids is 1. The molecule has 4 nitrogen and oxygen atoms in total. The number of benzene rings is 2. The average molecular weight is 522 g/mol. The monoisotopic (exact) mass is 521 g/mol. The highest BCUT2D eigenvalue weighted by atomic mass is 35.5. The Labute approximate surface area is 202 Å². The quantitative estimate of drug-likeness (QED) is 0.413. The van der Waals surface area contributed by atoms with Crippen LogP contribution in [0.25, 0.3) is 16.7 Å². The topological polar surface area (TPSA) is 69.6 Å². The van der Waals surface area contributed by atoms with Crippen molar-refractivity contribution < 1.29 is 41.4 Å². The van der Waals surface area contributed by atoms with Crippen molar-refractivity contribution in [3.05, 3.63) is 64.1 Å². The molecule has 0 bridgehead atoms. The molecule has 0 unspecified atom stereocenters. The molecular weight excluding hydrogens is 500 g/mol. The van der Waals surface area contributed by atoms with E-state index in [1.54, 1.807) is 24.3 Å². The van der Waals surface area contributed by atoms with Crippen molar-refractivity contribution in [1.29, 1.82) is 0 Å². The van der Waals surface area contributed by atoms with Crippen molar-refractivity contribution >= 4 is 23.1 Å². The first-order chi connectivity index (χ1) is 16.2. The zero-order valence-electron chi connectivity index (χ0n) is 18.4. The summed E-state index contributed by atoms with van der Waals surface area (Å²) in [6.45, 7) is 0.779. The van der Waals surface area contributed by atoms with Gasteiger partial charge in [0.2, 0.25) is 0 Å². The molecule has 0 saturated heterocycles. The molecule has 1 heterocycles. The SMILES string of the molecule is Cc1cc(F)c(-c2ccc(Cl)cc2)cc1/C1=C(\O)CCC[C@](O)(C(F)(F)C(F)(F)F)CCNC1=O. The molecule has 1 amide bonds. The second-order valence-corrected chi connectivity index (χ2v) is 8.88. The molecule has 2 aromatic rings. The lowest BCUT2D eigenvalue weighted by molar-refractivity contribution is -0.344. The molecule has 3 rings (SSSR count). The summed E-state index contributed by atoms with van der Waals surface area (Å²) in [5.74, 6) is -7.57. The predicted molar refractivity (Wildman–Crippen MR) is 119 cm³/mol. The van der Waals surface area contributed by atoms with Crippen molar-refractivity contribution in [1.82, 2.24) is 5.32 Å². The highest BCUT2D eigenvalue weighted by Crippen LogP contribution is 2.47. The van der Waals surface area contributed by atoms with Crippen LogP contribution in [0.1, 0.15) is 36.8 Å². The van der Waals surface area contributed by atoms with E-state index in [2.05, 4.69) is 5.32 Å². The van der Waals surface area contributed by atoms with Gasteiger partial charge in [-0.15, -0.1) is 0 Å². The van der Waals surface area contributed by atoms with E-state index in [4.69, 9.17) is 11.6 Å². The van der Waals surface area contributed by atoms with E-state index in [0.29, 0.717) is 10.6 Å². The van der Waals surface area contributed by atoms with Crippen molar-refractivity contribution in [3.8, 4) is 11.1 Å². The summed E-state index contributed by atoms with van der Waals surface area (Å²) in [6, 6.07) is 8.71. The third kappa shape index (κ3) is 5.28. The van der Waals surface area contributed by atoms with Gasteiger partial charge in [-0.2, -0.15) is 22.0 Å². The van der Waals surface area contributed by atoms with Crippen LogP contribution in [0, 0.1) is 12.7 Å². The second kappa shape index (κ2) is 9.73. The number of carbonyl (C=O) groups is 1. The van der Waals surface area contributed by atoms with E-state index in [-0.39, 0.29) is 22.3 Å². The van der Waals surface area contributed by atoms with Gasteiger partial charge >= 0.3 is 12.1 Å². The minimum atomic E-state index is -6.00. The molecule has 0 aromatic heterocycles. The molecule has 0 radical (unpaired) electrons. The Kier molecular flexibility index (Phi) is 7.48. The molecular formula is C24H22ClF6NO3. The van der Waals surface area contributed by atoms with Crippen molar-refractivity contribution in [2.24, 2.45) is 0 Å². The Hall–Kier alpha value is -2.72. The van der Waals surface area contributed by atoms with Gasteiger partial charge in [-0.1, -0.05) is 23.7 Å². The van der Waals surface area contributed by atoms with Crippen LogP contribution >= 0.6 is 11.6 Å². The summed E-state index contributed by atoms with van der Waals surface area (Å²) in [4.78, 5) is 12.9. The van der Waals surface area contributed by atoms with Crippen LogP contribution in [0.2, 0.25) is 5.02 Å². The van der Waals surface area contributed by atoms with E-state index in [1.165, 1.54) is 13.0 Å². The number of hydrogen-bond acceptors (Lipinski definition) is 3. The zero-order valence-corrected chi connectivity index (χ0v) is 19.2. The fourth-order valence-electron chi connectivity index (χ4n) is 4.05. The maximum atomic E-state index is 14.7. The molecule has 35 heavy (non-hydrogen) atoms. The number of alkyl halides is 5. The highest BCUT2D eigenvalue weighted by Gasteiger charge is 2.69. The maximum Gasteiger partial charge on any atom is 0.456 e. The minimum Gasteiger partial charge on any atom is -0.511 e. The van der Waals surface area contributed by atoms with Crippen molar-refractivity contribution in [3.63, 3.8) is 0 Å². The predicted octanol–water partition coefficient (Wildman–Crippen LogP) is 6.34. The zero-order chi connectivity index (χ0) is 26.2. The number of aryl methyl sites for hydroxylation is 1. The summed E-state index contributed by atoms with van der Waals surface area (Å²) in [6.07, 6.45) is -8.98. The van der Waals surface area contributed by atoms with E-state index in [1.807, 2.05) is 0 Å².